The molecule has 106 valence electrons. The standard InChI is InChI=1S/C16H19IN2O/c1-11-18-9-14(17)15(20)19(11)10-12-5-7-13(8-6-12)16(2,3)4/h5-9H,10H2,1-4H3. The lowest BCUT2D eigenvalue weighted by Crippen LogP contribution is -2.26. The van der Waals surface area contributed by atoms with E-state index in [0.717, 1.165) is 11.4 Å². The molecule has 0 radical (unpaired) electrons. The minimum absolute atomic E-state index is 0.0259. The van der Waals surface area contributed by atoms with E-state index in [1.807, 2.05) is 29.5 Å². The Bertz CT molecular complexity index is 666. The Kier molecular flexibility index (Phi) is 4.32. The first-order valence-corrected chi connectivity index (χ1v) is 7.68. The fraction of sp³-hybridized carbons (Fsp3) is 0.375. The predicted octanol–water partition coefficient (Wildman–Crippen LogP) is 3.50. The molecule has 0 N–H and O–H groups in total. The SMILES string of the molecule is Cc1ncc(I)c(=O)n1Cc1ccc(C(C)(C)C)cc1. The Morgan fingerprint density at radius 1 is 1.20 bits per heavy atom. The van der Waals surface area contributed by atoms with Crippen molar-refractivity contribution in [3.8, 4) is 0 Å². The van der Waals surface area contributed by atoms with Crippen molar-refractivity contribution in [2.45, 2.75) is 39.7 Å². The van der Waals surface area contributed by atoms with Gasteiger partial charge >= 0.3 is 0 Å². The molecule has 1 aromatic heterocycles. The van der Waals surface area contributed by atoms with Crippen molar-refractivity contribution in [1.82, 2.24) is 9.55 Å². The lowest BCUT2D eigenvalue weighted by Gasteiger charge is -2.19. The first-order chi connectivity index (χ1) is 9.29. The zero-order valence-electron chi connectivity index (χ0n) is 12.3. The molecule has 0 spiro atoms. The summed E-state index contributed by atoms with van der Waals surface area (Å²) in [4.78, 5) is 16.4. The normalized spacial score (nSPS) is 11.7. The summed E-state index contributed by atoms with van der Waals surface area (Å²) in [7, 11) is 0. The van der Waals surface area contributed by atoms with Gasteiger partial charge in [0.1, 0.15) is 5.82 Å². The highest BCUT2D eigenvalue weighted by atomic mass is 127. The number of benzene rings is 1. The van der Waals surface area contributed by atoms with Gasteiger partial charge in [-0.3, -0.25) is 9.36 Å². The summed E-state index contributed by atoms with van der Waals surface area (Å²) >= 11 is 2.03. The van der Waals surface area contributed by atoms with Gasteiger partial charge in [0.2, 0.25) is 0 Å². The van der Waals surface area contributed by atoms with Crippen LogP contribution in [0.3, 0.4) is 0 Å². The van der Waals surface area contributed by atoms with E-state index < -0.39 is 0 Å². The Hall–Kier alpha value is -1.17. The van der Waals surface area contributed by atoms with Crippen LogP contribution < -0.4 is 5.56 Å². The lowest BCUT2D eigenvalue weighted by atomic mass is 9.87. The number of hydrogen-bond donors (Lipinski definition) is 0. The predicted molar refractivity (Wildman–Crippen MR) is 90.2 cm³/mol. The average molecular weight is 382 g/mol. The van der Waals surface area contributed by atoms with E-state index in [4.69, 9.17) is 0 Å². The lowest BCUT2D eigenvalue weighted by molar-refractivity contribution is 0.589. The maximum atomic E-state index is 12.1. The molecule has 0 aliphatic heterocycles. The quantitative estimate of drug-likeness (QED) is 0.746. The van der Waals surface area contributed by atoms with Gasteiger partial charge in [-0.1, -0.05) is 45.0 Å². The number of hydrogen-bond acceptors (Lipinski definition) is 2. The highest BCUT2D eigenvalue weighted by molar-refractivity contribution is 14.1. The fourth-order valence-electron chi connectivity index (χ4n) is 2.03. The van der Waals surface area contributed by atoms with Gasteiger partial charge in [-0.15, -0.1) is 0 Å². The zero-order valence-corrected chi connectivity index (χ0v) is 14.4. The summed E-state index contributed by atoms with van der Waals surface area (Å²) in [5.41, 5.74) is 2.59. The van der Waals surface area contributed by atoms with Crippen molar-refractivity contribution in [1.29, 1.82) is 0 Å². The summed E-state index contributed by atoms with van der Waals surface area (Å²) in [6.45, 7) is 9.01. The second kappa shape index (κ2) is 5.68. The topological polar surface area (TPSA) is 34.9 Å². The van der Waals surface area contributed by atoms with Gasteiger partial charge < -0.3 is 0 Å². The highest BCUT2D eigenvalue weighted by Crippen LogP contribution is 2.22. The van der Waals surface area contributed by atoms with E-state index in [-0.39, 0.29) is 11.0 Å². The molecule has 20 heavy (non-hydrogen) atoms. The van der Waals surface area contributed by atoms with Crippen LogP contribution >= 0.6 is 22.6 Å². The van der Waals surface area contributed by atoms with Crippen molar-refractivity contribution in [3.05, 3.63) is 61.3 Å². The van der Waals surface area contributed by atoms with Gasteiger partial charge in [-0.2, -0.15) is 0 Å². The minimum Gasteiger partial charge on any atom is -0.292 e. The van der Waals surface area contributed by atoms with Crippen molar-refractivity contribution in [2.24, 2.45) is 0 Å². The molecule has 0 unspecified atom stereocenters. The first-order valence-electron chi connectivity index (χ1n) is 6.60. The van der Waals surface area contributed by atoms with E-state index in [2.05, 4.69) is 50.0 Å². The maximum Gasteiger partial charge on any atom is 0.267 e. The van der Waals surface area contributed by atoms with Crippen LogP contribution in [-0.2, 0) is 12.0 Å². The third-order valence-corrected chi connectivity index (χ3v) is 4.11. The molecule has 0 bridgehead atoms. The van der Waals surface area contributed by atoms with Crippen molar-refractivity contribution < 1.29 is 0 Å². The molecule has 0 atom stereocenters. The van der Waals surface area contributed by atoms with Crippen LogP contribution in [0.15, 0.2) is 35.3 Å². The summed E-state index contributed by atoms with van der Waals surface area (Å²) in [5.74, 6) is 0.746. The van der Waals surface area contributed by atoms with Crippen LogP contribution in [0.1, 0.15) is 37.7 Å². The molecule has 1 aromatic carbocycles. The summed E-state index contributed by atoms with van der Waals surface area (Å²) in [6.07, 6.45) is 1.62. The fourth-order valence-corrected chi connectivity index (χ4v) is 2.46. The summed E-state index contributed by atoms with van der Waals surface area (Å²) < 4.78 is 2.37. The van der Waals surface area contributed by atoms with Gasteiger partial charge in [0.25, 0.3) is 5.56 Å². The van der Waals surface area contributed by atoms with E-state index in [0.29, 0.717) is 10.1 Å². The second-order valence-corrected chi connectivity index (χ2v) is 7.15. The number of aryl methyl sites for hydroxylation is 1. The smallest absolute Gasteiger partial charge is 0.267 e. The van der Waals surface area contributed by atoms with Crippen LogP contribution in [0.2, 0.25) is 0 Å². The Morgan fingerprint density at radius 2 is 1.80 bits per heavy atom. The molecule has 0 saturated heterocycles. The molecule has 0 saturated carbocycles. The molecule has 2 aromatic rings. The van der Waals surface area contributed by atoms with Crippen LogP contribution in [0.5, 0.6) is 0 Å². The second-order valence-electron chi connectivity index (χ2n) is 5.99. The number of nitrogens with zero attached hydrogens (tertiary/aromatic N) is 2. The zero-order chi connectivity index (χ0) is 14.9. The molecular weight excluding hydrogens is 363 g/mol. The van der Waals surface area contributed by atoms with Crippen molar-refractivity contribution in [3.63, 3.8) is 0 Å². The molecular formula is C16H19IN2O. The third-order valence-electron chi connectivity index (χ3n) is 3.37. The van der Waals surface area contributed by atoms with Gasteiger partial charge in [-0.25, -0.2) is 4.98 Å². The minimum atomic E-state index is 0.0259. The molecule has 0 aliphatic carbocycles. The molecule has 3 nitrogen and oxygen atoms in total. The number of rotatable bonds is 2. The Labute approximate surface area is 133 Å². The van der Waals surface area contributed by atoms with Crippen molar-refractivity contribution in [2.75, 3.05) is 0 Å². The monoisotopic (exact) mass is 382 g/mol. The summed E-state index contributed by atoms with van der Waals surface area (Å²) in [6, 6.07) is 8.45. The molecule has 1 heterocycles. The highest BCUT2D eigenvalue weighted by Gasteiger charge is 2.13. The third kappa shape index (κ3) is 3.29. The molecule has 0 fully saturated rings. The number of aromatic nitrogens is 2. The van der Waals surface area contributed by atoms with Gasteiger partial charge in [-0.05, 0) is 46.1 Å². The van der Waals surface area contributed by atoms with Gasteiger partial charge in [0.05, 0.1) is 10.1 Å². The van der Waals surface area contributed by atoms with Crippen LogP contribution in [0.25, 0.3) is 0 Å². The van der Waals surface area contributed by atoms with Gasteiger partial charge in [0, 0.05) is 6.20 Å². The average Bonchev–Trinajstić information content (AvgIpc) is 2.39. The number of halogens is 1. The largest absolute Gasteiger partial charge is 0.292 e. The summed E-state index contributed by atoms with van der Waals surface area (Å²) in [5, 5.41) is 0. The van der Waals surface area contributed by atoms with Gasteiger partial charge in [0.15, 0.2) is 0 Å². The Balaban J connectivity index is 2.32. The first kappa shape index (κ1) is 15.2. The van der Waals surface area contributed by atoms with E-state index >= 15 is 0 Å². The van der Waals surface area contributed by atoms with Crippen molar-refractivity contribution >= 4 is 22.6 Å². The molecule has 0 amide bonds. The molecule has 2 rings (SSSR count). The van der Waals surface area contributed by atoms with E-state index in [9.17, 15) is 4.79 Å². The molecule has 4 heteroatoms. The van der Waals surface area contributed by atoms with Crippen LogP contribution in [0, 0.1) is 10.5 Å². The van der Waals surface area contributed by atoms with E-state index in [1.54, 1.807) is 10.8 Å². The van der Waals surface area contributed by atoms with Crippen LogP contribution in [0.4, 0.5) is 0 Å². The molecule has 0 aliphatic rings. The maximum absolute atomic E-state index is 12.1. The van der Waals surface area contributed by atoms with Crippen LogP contribution in [-0.4, -0.2) is 9.55 Å². The Morgan fingerprint density at radius 3 is 2.35 bits per heavy atom. The van der Waals surface area contributed by atoms with E-state index in [1.165, 1.54) is 5.56 Å².